The highest BCUT2D eigenvalue weighted by atomic mass is 19.2. The Hall–Kier alpha value is -6.58. The second-order valence-electron chi connectivity index (χ2n) is 15.3. The largest absolute Gasteiger partial charge is 0.737 e. The second-order valence-corrected chi connectivity index (χ2v) is 15.3. The van der Waals surface area contributed by atoms with Crippen LogP contribution in [0.2, 0.25) is 0 Å². The van der Waals surface area contributed by atoms with Crippen LogP contribution >= 0.6 is 0 Å². The van der Waals surface area contributed by atoms with Crippen molar-refractivity contribution in [3.05, 3.63) is 125 Å². The van der Waals surface area contributed by atoms with Gasteiger partial charge < -0.3 is 50.1 Å². The lowest BCUT2D eigenvalue weighted by Gasteiger charge is -2.30. The summed E-state index contributed by atoms with van der Waals surface area (Å²) in [6.45, 7) is -0.407. The topological polar surface area (TPSA) is 197 Å². The Morgan fingerprint density at radius 3 is 2.33 bits per heavy atom. The minimum Gasteiger partial charge on any atom is -0.480 e. The van der Waals surface area contributed by atoms with E-state index in [0.29, 0.717) is 54.0 Å². The van der Waals surface area contributed by atoms with Crippen molar-refractivity contribution < 1.29 is 37.4 Å². The molecule has 8 N–H and O–H groups in total. The van der Waals surface area contributed by atoms with Gasteiger partial charge in [-0.3, -0.25) is 19.4 Å². The van der Waals surface area contributed by atoms with Crippen molar-refractivity contribution in [3.63, 3.8) is 0 Å². The van der Waals surface area contributed by atoms with Crippen LogP contribution in [0.15, 0.2) is 102 Å². The van der Waals surface area contributed by atoms with E-state index in [1.54, 1.807) is 61.5 Å². The van der Waals surface area contributed by atoms with Crippen molar-refractivity contribution in [1.82, 2.24) is 20.4 Å². The highest BCUT2D eigenvalue weighted by Gasteiger charge is 2.52. The van der Waals surface area contributed by atoms with Crippen LogP contribution < -0.4 is 27.4 Å². The molecule has 2 aliphatic heterocycles. The zero-order chi connectivity index (χ0) is 43.0. The minimum absolute atomic E-state index is 0.0338. The zero-order valence-electron chi connectivity index (χ0n) is 33.7. The van der Waals surface area contributed by atoms with Crippen LogP contribution in [-0.4, -0.2) is 75.0 Å². The molecule has 13 nitrogen and oxygen atoms in total. The number of amides is 3. The van der Waals surface area contributed by atoms with Crippen LogP contribution in [0.25, 0.3) is 16.8 Å². The fourth-order valence-electron chi connectivity index (χ4n) is 8.08. The van der Waals surface area contributed by atoms with E-state index in [0.717, 1.165) is 30.9 Å². The Bertz CT molecular complexity index is 2380. The first kappa shape index (κ1) is 43.0. The van der Waals surface area contributed by atoms with Gasteiger partial charge in [0.2, 0.25) is 17.7 Å². The molecule has 3 heterocycles. The maximum atomic E-state index is 15.9. The molecule has 0 saturated carbocycles. The first-order chi connectivity index (χ1) is 28.7. The van der Waals surface area contributed by atoms with Gasteiger partial charge in [0, 0.05) is 49.7 Å². The summed E-state index contributed by atoms with van der Waals surface area (Å²) in [6, 6.07) is 20.5. The van der Waals surface area contributed by atoms with Crippen molar-refractivity contribution in [2.75, 3.05) is 6.54 Å². The van der Waals surface area contributed by atoms with E-state index in [9.17, 15) is 24.3 Å². The summed E-state index contributed by atoms with van der Waals surface area (Å²) in [7, 11) is 0. The summed E-state index contributed by atoms with van der Waals surface area (Å²) in [5.41, 5.74) is 15.1. The molecule has 0 saturated heterocycles. The van der Waals surface area contributed by atoms with Gasteiger partial charge in [-0.05, 0) is 78.8 Å². The second kappa shape index (κ2) is 19.0. The third-order valence-corrected chi connectivity index (χ3v) is 10.9. The summed E-state index contributed by atoms with van der Waals surface area (Å²) in [6.07, 6.45) is 6.60. The number of carboxylic acid groups (broad SMARTS) is 1. The van der Waals surface area contributed by atoms with Crippen LogP contribution in [0.1, 0.15) is 79.1 Å². The number of aliphatic imine (C=N–C) groups is 1. The third-order valence-electron chi connectivity index (χ3n) is 10.9. The van der Waals surface area contributed by atoms with Gasteiger partial charge in [0.1, 0.15) is 17.8 Å². The van der Waals surface area contributed by atoms with Gasteiger partial charge in [-0.1, -0.05) is 72.8 Å². The summed E-state index contributed by atoms with van der Waals surface area (Å²) >= 11 is 0. The van der Waals surface area contributed by atoms with Crippen LogP contribution in [-0.2, 0) is 25.6 Å². The predicted octanol–water partition coefficient (Wildman–Crippen LogP) is 5.02. The van der Waals surface area contributed by atoms with E-state index >= 15 is 8.63 Å². The lowest BCUT2D eigenvalue weighted by Crippen LogP contribution is -2.50. The number of nitrogens with zero attached hydrogens (tertiary/aromatic N) is 3. The van der Waals surface area contributed by atoms with Crippen molar-refractivity contribution in [3.8, 4) is 0 Å². The maximum Gasteiger partial charge on any atom is 0.737 e. The smallest absolute Gasteiger partial charge is 0.480 e. The predicted molar refractivity (Wildman–Crippen MR) is 229 cm³/mol. The molecule has 2 aliphatic rings. The average molecular weight is 821 g/mol. The number of unbranched alkanes of at least 4 members (excludes halogenated alkanes) is 1. The molecule has 4 aromatic rings. The SMILES string of the molecule is Cc1cc(C)n2c1C=C1C=CC(CCCCC(=O)NC(CCCN=C(N)N)C(=O)NC(CC(=O)NC(Cc3ccccc3)C(=O)O)c3cccc4ccccc34)=[N+]1[B-]2(F)F. The zero-order valence-corrected chi connectivity index (χ0v) is 33.7. The molecule has 0 radical (unpaired) electrons. The van der Waals surface area contributed by atoms with E-state index in [2.05, 4.69) is 20.9 Å². The number of benzene rings is 3. The average Bonchev–Trinajstić information content (AvgIpc) is 3.76. The van der Waals surface area contributed by atoms with Crippen LogP contribution in [0.5, 0.6) is 0 Å². The number of carbonyl (C=O) groups excluding carboxylic acids is 3. The normalized spacial score (nSPS) is 15.3. The molecule has 1 aromatic heterocycles. The first-order valence-electron chi connectivity index (χ1n) is 20.2. The molecule has 3 unspecified atom stereocenters. The van der Waals surface area contributed by atoms with Crippen molar-refractivity contribution >= 4 is 59.2 Å². The molecule has 6 rings (SSSR count). The van der Waals surface area contributed by atoms with Gasteiger partial charge in [-0.25, -0.2) is 4.79 Å². The summed E-state index contributed by atoms with van der Waals surface area (Å²) in [4.78, 5) is 57.4. The number of hydrogen-bond donors (Lipinski definition) is 6. The Morgan fingerprint density at radius 1 is 0.867 bits per heavy atom. The Labute approximate surface area is 347 Å². The number of carboxylic acids is 1. The first-order valence-corrected chi connectivity index (χ1v) is 20.2. The number of guanidine groups is 1. The van der Waals surface area contributed by atoms with Gasteiger partial charge in [-0.15, -0.1) is 0 Å². The molecule has 314 valence electrons. The molecule has 3 amide bonds. The fourth-order valence-corrected chi connectivity index (χ4v) is 8.08. The molecule has 0 aliphatic carbocycles. The van der Waals surface area contributed by atoms with E-state index in [-0.39, 0.29) is 38.2 Å². The fraction of sp³-hybridized carbons (Fsp3) is 0.318. The van der Waals surface area contributed by atoms with Gasteiger partial charge in [0.15, 0.2) is 11.7 Å². The van der Waals surface area contributed by atoms with E-state index < -0.39 is 48.8 Å². The molecule has 0 fully saturated rings. The molecule has 0 spiro atoms. The summed E-state index contributed by atoms with van der Waals surface area (Å²) < 4.78 is 34.0. The Morgan fingerprint density at radius 2 is 1.58 bits per heavy atom. The number of nitrogens with two attached hydrogens (primary N) is 2. The van der Waals surface area contributed by atoms with Crippen molar-refractivity contribution in [2.45, 2.75) is 83.3 Å². The third kappa shape index (κ3) is 10.2. The molecular weight excluding hydrogens is 769 g/mol. The van der Waals surface area contributed by atoms with Crippen molar-refractivity contribution in [1.29, 1.82) is 0 Å². The highest BCUT2D eigenvalue weighted by Crippen LogP contribution is 2.35. The highest BCUT2D eigenvalue weighted by molar-refractivity contribution is 6.58. The molecule has 3 aromatic carbocycles. The summed E-state index contributed by atoms with van der Waals surface area (Å²) in [5.74, 6) is -2.88. The van der Waals surface area contributed by atoms with E-state index in [4.69, 9.17) is 11.5 Å². The Kier molecular flexibility index (Phi) is 13.6. The van der Waals surface area contributed by atoms with E-state index in [1.165, 1.54) is 0 Å². The van der Waals surface area contributed by atoms with Crippen LogP contribution in [0.3, 0.4) is 0 Å². The lowest BCUT2D eigenvalue weighted by molar-refractivity contribution is -0.362. The number of fused-ring (bicyclic) bond motifs is 3. The Balaban J connectivity index is 1.14. The number of aromatic nitrogens is 1. The number of halogens is 2. The number of allylic oxidation sites excluding steroid dienone is 2. The molecule has 3 atom stereocenters. The number of carbonyl (C=O) groups is 4. The molecule has 0 bridgehead atoms. The number of aliphatic carboxylic acids is 1. The molecule has 60 heavy (non-hydrogen) atoms. The van der Waals surface area contributed by atoms with Gasteiger partial charge in [0.05, 0.1) is 12.5 Å². The number of rotatable bonds is 19. The quantitative estimate of drug-likeness (QED) is 0.0331. The number of nitrogens with one attached hydrogen (secondary N) is 3. The van der Waals surface area contributed by atoms with Crippen LogP contribution in [0, 0.1) is 13.8 Å². The van der Waals surface area contributed by atoms with Crippen LogP contribution in [0.4, 0.5) is 8.63 Å². The number of aryl methyl sites for hydroxylation is 2. The van der Waals surface area contributed by atoms with Crippen molar-refractivity contribution in [2.24, 2.45) is 16.5 Å². The molecular formula is C44H51BF2N8O5. The van der Waals surface area contributed by atoms with E-state index in [1.807, 2.05) is 49.4 Å². The van der Waals surface area contributed by atoms with Gasteiger partial charge >= 0.3 is 12.9 Å². The summed E-state index contributed by atoms with van der Waals surface area (Å²) in [5, 5.41) is 20.1. The number of hydrogen-bond acceptors (Lipinski definition) is 5. The lowest BCUT2D eigenvalue weighted by atomic mass is 9.90. The molecule has 16 heteroatoms. The van der Waals surface area contributed by atoms with Gasteiger partial charge in [0.25, 0.3) is 0 Å². The minimum atomic E-state index is -4.10. The monoisotopic (exact) mass is 820 g/mol. The maximum absolute atomic E-state index is 15.9. The standard InChI is InChI=1S/C44H51BF2N8O5/c1-28-24-29(2)54-39(28)26-33-22-21-32(55(33)45(54,46)47)16-7-9-20-40(56)51-36(19-11-23-50-44(48)49)42(58)53-37(35-18-10-15-31-14-6-8-17-34(31)35)27-41(57)52-38(43(59)60)25-30-12-4-3-5-13-30/h3-6,8,10,12-15,17-18,21-22,24,26,36-38H,7,9,11,16,19-20,23,25,27H2,1-2H3,(H,51,56)(H,52,57)(H,53,58)(H,59,60)(H4,48,49,50). The van der Waals surface area contributed by atoms with Gasteiger partial charge in [-0.2, -0.15) is 0 Å².